The van der Waals surface area contributed by atoms with Crippen molar-refractivity contribution in [3.8, 4) is 16.9 Å². The maximum absolute atomic E-state index is 15.2. The molecule has 0 bridgehead atoms. The van der Waals surface area contributed by atoms with Gasteiger partial charge in [-0.1, -0.05) is 24.3 Å². The Morgan fingerprint density at radius 2 is 2.15 bits per heavy atom. The molecule has 26 heavy (non-hydrogen) atoms. The average molecular weight is 370 g/mol. The van der Waals surface area contributed by atoms with E-state index < -0.39 is 0 Å². The lowest BCUT2D eigenvalue weighted by Gasteiger charge is -2.15. The predicted octanol–water partition coefficient (Wildman–Crippen LogP) is 4.98. The Balaban J connectivity index is 2.01. The van der Waals surface area contributed by atoms with Crippen molar-refractivity contribution in [1.29, 1.82) is 0 Å². The quantitative estimate of drug-likeness (QED) is 0.520. The van der Waals surface area contributed by atoms with Crippen LogP contribution >= 0.6 is 11.3 Å². The van der Waals surface area contributed by atoms with Crippen molar-refractivity contribution < 1.29 is 9.13 Å². The van der Waals surface area contributed by atoms with E-state index in [1.165, 1.54) is 0 Å². The third-order valence-corrected chi connectivity index (χ3v) is 5.47. The topological polar surface area (TPSA) is 62.8 Å². The van der Waals surface area contributed by atoms with Gasteiger partial charge in [0.15, 0.2) is 16.7 Å². The Hall–Kier alpha value is -2.67. The van der Waals surface area contributed by atoms with Crippen LogP contribution in [0.5, 0.6) is 5.75 Å². The summed E-state index contributed by atoms with van der Waals surface area (Å²) in [6.45, 7) is 4.19. The predicted molar refractivity (Wildman–Crippen MR) is 105 cm³/mol. The first kappa shape index (κ1) is 16.8. The number of anilines is 1. The monoisotopic (exact) mass is 370 g/mol. The summed E-state index contributed by atoms with van der Waals surface area (Å²) in [6, 6.07) is 6.03. The number of benzene rings is 2. The second-order valence-corrected chi connectivity index (χ2v) is 6.92. The molecule has 0 aliphatic rings. The Bertz CT molecular complexity index is 1100. The lowest BCUT2D eigenvalue weighted by molar-refractivity contribution is 0.324. The van der Waals surface area contributed by atoms with Crippen LogP contribution in [-0.2, 0) is 6.42 Å². The molecule has 0 spiro atoms. The second-order valence-electron chi connectivity index (χ2n) is 5.89. The van der Waals surface area contributed by atoms with Gasteiger partial charge >= 0.3 is 0 Å². The van der Waals surface area contributed by atoms with Gasteiger partial charge in [0.25, 0.3) is 0 Å². The maximum atomic E-state index is 15.2. The molecule has 0 atom stereocenters. The molecular weight excluding hydrogens is 351 g/mol. The maximum Gasteiger partial charge on any atom is 0.183 e. The minimum absolute atomic E-state index is 0.247. The molecule has 0 unspecified atom stereocenters. The summed E-state index contributed by atoms with van der Waals surface area (Å²) >= 11 is 1.58. The Morgan fingerprint density at radius 1 is 1.31 bits per heavy atom. The second kappa shape index (κ2) is 6.57. The van der Waals surface area contributed by atoms with Crippen molar-refractivity contribution in [3.05, 3.63) is 35.8 Å². The van der Waals surface area contributed by atoms with Gasteiger partial charge in [0.2, 0.25) is 0 Å². The summed E-state index contributed by atoms with van der Waals surface area (Å²) in [5.74, 6) is -0.0710. The van der Waals surface area contributed by atoms with Crippen LogP contribution in [0.3, 0.4) is 0 Å². The number of hydrogen-bond donors (Lipinski definition) is 2. The van der Waals surface area contributed by atoms with Gasteiger partial charge in [-0.3, -0.25) is 5.10 Å². The van der Waals surface area contributed by atoms with Crippen LogP contribution < -0.4 is 10.1 Å². The number of aromatic nitrogens is 3. The SMILES string of the molecule is CCOc1c(F)c(CC)c(-c2ccc3nc(NC)sc3c2)c2cn[nH]c12. The molecule has 5 nitrogen and oxygen atoms in total. The fourth-order valence-electron chi connectivity index (χ4n) is 3.30. The van der Waals surface area contributed by atoms with E-state index in [1.807, 2.05) is 33.0 Å². The molecule has 0 amide bonds. The standard InChI is InChI=1S/C19H19FN4OS/c1-4-11-15(10-6-7-13-14(8-10)26-19(21-3)23-13)12-9-22-24-17(12)18(16(11)20)25-5-2/h6-9H,4-5H2,1-3H3,(H,21,23)(H,22,24). The largest absolute Gasteiger partial charge is 0.489 e. The van der Waals surface area contributed by atoms with E-state index in [-0.39, 0.29) is 11.6 Å². The van der Waals surface area contributed by atoms with Gasteiger partial charge in [0, 0.05) is 18.0 Å². The molecule has 134 valence electrons. The molecule has 0 aliphatic heterocycles. The van der Waals surface area contributed by atoms with Crippen molar-refractivity contribution in [3.63, 3.8) is 0 Å². The first-order valence-electron chi connectivity index (χ1n) is 8.56. The van der Waals surface area contributed by atoms with Crippen LogP contribution in [0, 0.1) is 5.82 Å². The van der Waals surface area contributed by atoms with Crippen LogP contribution in [0.15, 0.2) is 24.4 Å². The van der Waals surface area contributed by atoms with Crippen LogP contribution in [0.2, 0.25) is 0 Å². The molecule has 0 saturated heterocycles. The number of nitrogens with one attached hydrogen (secondary N) is 2. The first-order chi connectivity index (χ1) is 12.7. The van der Waals surface area contributed by atoms with Gasteiger partial charge in [0.05, 0.1) is 23.0 Å². The fourth-order valence-corrected chi connectivity index (χ4v) is 4.16. The Labute approximate surface area is 154 Å². The summed E-state index contributed by atoms with van der Waals surface area (Å²) < 4.78 is 21.8. The van der Waals surface area contributed by atoms with E-state index in [1.54, 1.807) is 17.5 Å². The van der Waals surface area contributed by atoms with E-state index in [0.29, 0.717) is 24.1 Å². The number of nitrogens with zero attached hydrogens (tertiary/aromatic N) is 2. The molecule has 0 fully saturated rings. The third kappa shape index (κ3) is 2.50. The van der Waals surface area contributed by atoms with Crippen molar-refractivity contribution in [1.82, 2.24) is 15.2 Å². The minimum atomic E-state index is -0.318. The summed E-state index contributed by atoms with van der Waals surface area (Å²) in [5.41, 5.74) is 3.97. The molecule has 0 saturated carbocycles. The van der Waals surface area contributed by atoms with E-state index in [2.05, 4.69) is 26.6 Å². The van der Waals surface area contributed by atoms with Gasteiger partial charge in [0.1, 0.15) is 5.52 Å². The van der Waals surface area contributed by atoms with Crippen molar-refractivity contribution in [2.75, 3.05) is 19.0 Å². The van der Waals surface area contributed by atoms with Gasteiger partial charge in [-0.05, 0) is 36.6 Å². The fraction of sp³-hybridized carbons (Fsp3) is 0.263. The van der Waals surface area contributed by atoms with Crippen LogP contribution in [0.25, 0.3) is 32.2 Å². The van der Waals surface area contributed by atoms with E-state index in [0.717, 1.165) is 31.9 Å². The van der Waals surface area contributed by atoms with Crippen LogP contribution in [0.1, 0.15) is 19.4 Å². The van der Waals surface area contributed by atoms with Crippen LogP contribution in [0.4, 0.5) is 9.52 Å². The Morgan fingerprint density at radius 3 is 2.88 bits per heavy atom. The zero-order chi connectivity index (χ0) is 18.3. The first-order valence-corrected chi connectivity index (χ1v) is 9.38. The number of aromatic amines is 1. The lowest BCUT2D eigenvalue weighted by atomic mass is 9.93. The van der Waals surface area contributed by atoms with E-state index >= 15 is 4.39 Å². The minimum Gasteiger partial charge on any atom is -0.489 e. The molecule has 2 aromatic heterocycles. The summed E-state index contributed by atoms with van der Waals surface area (Å²) in [6.07, 6.45) is 2.30. The molecular formula is C19H19FN4OS. The number of hydrogen-bond acceptors (Lipinski definition) is 5. The molecule has 2 heterocycles. The molecule has 4 rings (SSSR count). The molecule has 2 aromatic carbocycles. The van der Waals surface area contributed by atoms with Gasteiger partial charge in [-0.25, -0.2) is 9.37 Å². The summed E-state index contributed by atoms with van der Waals surface area (Å²) in [7, 11) is 1.85. The van der Waals surface area contributed by atoms with Crippen molar-refractivity contribution >= 4 is 37.6 Å². The normalized spacial score (nSPS) is 11.4. The lowest BCUT2D eigenvalue weighted by Crippen LogP contribution is -2.02. The molecule has 7 heteroatoms. The zero-order valence-electron chi connectivity index (χ0n) is 14.8. The summed E-state index contributed by atoms with van der Waals surface area (Å²) in [5, 5.41) is 11.8. The number of fused-ring (bicyclic) bond motifs is 2. The molecule has 4 aromatic rings. The number of halogens is 1. The number of ether oxygens (including phenoxy) is 1. The highest BCUT2D eigenvalue weighted by Crippen LogP contribution is 2.41. The molecule has 0 aliphatic carbocycles. The summed E-state index contributed by atoms with van der Waals surface area (Å²) in [4.78, 5) is 4.51. The smallest absolute Gasteiger partial charge is 0.183 e. The van der Waals surface area contributed by atoms with Gasteiger partial charge in [-0.15, -0.1) is 0 Å². The number of H-pyrrole nitrogens is 1. The highest BCUT2D eigenvalue weighted by Gasteiger charge is 2.22. The highest BCUT2D eigenvalue weighted by atomic mass is 32.1. The van der Waals surface area contributed by atoms with E-state index in [4.69, 9.17) is 4.74 Å². The van der Waals surface area contributed by atoms with E-state index in [9.17, 15) is 0 Å². The van der Waals surface area contributed by atoms with Crippen molar-refractivity contribution in [2.45, 2.75) is 20.3 Å². The van der Waals surface area contributed by atoms with Gasteiger partial charge < -0.3 is 10.1 Å². The van der Waals surface area contributed by atoms with Crippen molar-refractivity contribution in [2.24, 2.45) is 0 Å². The average Bonchev–Trinajstić information content (AvgIpc) is 3.29. The van der Waals surface area contributed by atoms with Gasteiger partial charge in [-0.2, -0.15) is 5.10 Å². The molecule has 2 N–H and O–H groups in total. The Kier molecular flexibility index (Phi) is 4.24. The number of thiazole rings is 1. The highest BCUT2D eigenvalue weighted by molar-refractivity contribution is 7.22. The third-order valence-electron chi connectivity index (χ3n) is 4.44. The number of rotatable bonds is 5. The zero-order valence-corrected chi connectivity index (χ0v) is 15.6. The molecule has 0 radical (unpaired) electrons. The van der Waals surface area contributed by atoms with Crippen LogP contribution in [-0.4, -0.2) is 28.8 Å².